The van der Waals surface area contributed by atoms with E-state index in [0.29, 0.717) is 0 Å². The predicted octanol–water partition coefficient (Wildman–Crippen LogP) is -0.274. The maximum absolute atomic E-state index is 11.0. The third kappa shape index (κ3) is 1.80. The molecule has 0 aliphatic rings. The van der Waals surface area contributed by atoms with Gasteiger partial charge in [0.1, 0.15) is 0 Å². The van der Waals surface area contributed by atoms with E-state index in [-0.39, 0.29) is 0 Å². The minimum Gasteiger partial charge on any atom is -0.197 e. The Kier molecular flexibility index (Phi) is 2.04. The molecular formula is CH2F3NO3S. The molecule has 0 aromatic heterocycles. The van der Waals surface area contributed by atoms with Gasteiger partial charge < -0.3 is 0 Å². The molecule has 0 rings (SSSR count). The minimum absolute atomic E-state index is 2.65. The molecule has 0 saturated carbocycles. The van der Waals surface area contributed by atoms with Gasteiger partial charge in [0.15, 0.2) is 0 Å². The van der Waals surface area contributed by atoms with Crippen LogP contribution in [0.4, 0.5) is 13.2 Å². The summed E-state index contributed by atoms with van der Waals surface area (Å²) in [5.74, 6) is 3.78. The molecule has 0 fully saturated rings. The van der Waals surface area contributed by atoms with E-state index in [1.807, 2.05) is 0 Å². The predicted molar refractivity (Wildman–Crippen MR) is 20.2 cm³/mol. The monoisotopic (exact) mass is 165 g/mol. The fourth-order valence-corrected chi connectivity index (χ4v) is 0.164. The van der Waals surface area contributed by atoms with Crippen LogP contribution in [0.15, 0.2) is 0 Å². The minimum atomic E-state index is -5.56. The van der Waals surface area contributed by atoms with Crippen LogP contribution >= 0.6 is 0 Å². The van der Waals surface area contributed by atoms with Crippen LogP contribution in [0.2, 0.25) is 0 Å². The molecule has 0 amide bonds. The molecule has 0 aromatic carbocycles. The molecule has 0 bridgehead atoms. The van der Waals surface area contributed by atoms with Crippen LogP contribution in [0.5, 0.6) is 0 Å². The molecule has 4 nitrogen and oxygen atoms in total. The molecule has 0 unspecified atom stereocenters. The van der Waals surface area contributed by atoms with Crippen LogP contribution in [-0.4, -0.2) is 13.9 Å². The first-order valence-corrected chi connectivity index (χ1v) is 2.92. The van der Waals surface area contributed by atoms with E-state index in [9.17, 15) is 21.6 Å². The van der Waals surface area contributed by atoms with E-state index >= 15 is 0 Å². The number of alkyl halides is 3. The van der Waals surface area contributed by atoms with Crippen LogP contribution < -0.4 is 5.90 Å². The van der Waals surface area contributed by atoms with Gasteiger partial charge in [-0.05, 0) is 0 Å². The molecular weight excluding hydrogens is 163 g/mol. The normalized spacial score (nSPS) is 13.8. The smallest absolute Gasteiger partial charge is 0.197 e. The Morgan fingerprint density at radius 1 is 1.33 bits per heavy atom. The maximum Gasteiger partial charge on any atom is 0.524 e. The quantitative estimate of drug-likeness (QED) is 0.428. The lowest BCUT2D eigenvalue weighted by atomic mass is 11.6. The summed E-state index contributed by atoms with van der Waals surface area (Å²) in [7, 11) is -5.56. The number of hydrogen-bond acceptors (Lipinski definition) is 4. The van der Waals surface area contributed by atoms with Crippen molar-refractivity contribution in [2.45, 2.75) is 5.51 Å². The van der Waals surface area contributed by atoms with Gasteiger partial charge in [0.25, 0.3) is 0 Å². The molecule has 0 aromatic rings. The van der Waals surface area contributed by atoms with E-state index in [0.717, 1.165) is 0 Å². The number of nitrogens with two attached hydrogens (primary N) is 1. The van der Waals surface area contributed by atoms with Crippen molar-refractivity contribution in [2.24, 2.45) is 5.90 Å². The second-order valence-electron chi connectivity index (χ2n) is 0.996. The summed E-state index contributed by atoms with van der Waals surface area (Å²) in [6, 6.07) is 0. The molecule has 2 N–H and O–H groups in total. The number of halogens is 3. The Hall–Kier alpha value is -0.340. The molecule has 0 saturated heterocycles. The Morgan fingerprint density at radius 2 is 1.67 bits per heavy atom. The largest absolute Gasteiger partial charge is 0.524 e. The highest BCUT2D eigenvalue weighted by atomic mass is 32.2. The van der Waals surface area contributed by atoms with Gasteiger partial charge in [0.2, 0.25) is 0 Å². The van der Waals surface area contributed by atoms with Crippen molar-refractivity contribution >= 4 is 10.1 Å². The lowest BCUT2D eigenvalue weighted by Crippen LogP contribution is -2.27. The van der Waals surface area contributed by atoms with E-state index in [1.165, 1.54) is 0 Å². The maximum atomic E-state index is 11.0. The highest BCUT2D eigenvalue weighted by Crippen LogP contribution is 2.22. The Labute approximate surface area is 48.5 Å². The lowest BCUT2D eigenvalue weighted by Gasteiger charge is -2.01. The first-order valence-electron chi connectivity index (χ1n) is 1.51. The molecule has 0 aliphatic heterocycles. The van der Waals surface area contributed by atoms with Gasteiger partial charge in [0.05, 0.1) is 0 Å². The summed E-state index contributed by atoms with van der Waals surface area (Å²) in [6.45, 7) is 0. The van der Waals surface area contributed by atoms with Crippen molar-refractivity contribution in [1.29, 1.82) is 0 Å². The molecule has 56 valence electrons. The van der Waals surface area contributed by atoms with Gasteiger partial charge >= 0.3 is 15.6 Å². The van der Waals surface area contributed by atoms with Crippen molar-refractivity contribution in [2.75, 3.05) is 0 Å². The van der Waals surface area contributed by atoms with E-state index in [4.69, 9.17) is 0 Å². The summed E-state index contributed by atoms with van der Waals surface area (Å²) in [6.07, 6.45) is 0. The molecule has 0 atom stereocenters. The van der Waals surface area contributed by atoms with E-state index in [1.54, 1.807) is 0 Å². The summed E-state index contributed by atoms with van der Waals surface area (Å²) >= 11 is 0. The van der Waals surface area contributed by atoms with Crippen LogP contribution in [0, 0.1) is 0 Å². The molecule has 8 heteroatoms. The van der Waals surface area contributed by atoms with Gasteiger partial charge in [-0.15, -0.1) is 0 Å². The molecule has 0 heterocycles. The summed E-state index contributed by atoms with van der Waals surface area (Å²) in [5.41, 5.74) is -5.43. The zero-order chi connectivity index (χ0) is 7.71. The van der Waals surface area contributed by atoms with E-state index in [2.05, 4.69) is 10.2 Å². The average Bonchev–Trinajstić information content (AvgIpc) is 1.64. The summed E-state index contributed by atoms with van der Waals surface area (Å²) in [4.78, 5) is 0. The fourth-order valence-electron chi connectivity index (χ4n) is 0.0546. The zero-order valence-electron chi connectivity index (χ0n) is 3.84. The van der Waals surface area contributed by atoms with Crippen LogP contribution in [0.3, 0.4) is 0 Å². The van der Waals surface area contributed by atoms with Crippen molar-refractivity contribution in [3.63, 3.8) is 0 Å². The Balaban J connectivity index is 4.57. The topological polar surface area (TPSA) is 69.4 Å². The SMILES string of the molecule is NOS(=O)(=O)C(F)(F)F. The zero-order valence-corrected chi connectivity index (χ0v) is 4.66. The summed E-state index contributed by atoms with van der Waals surface area (Å²) in [5, 5.41) is 0. The highest BCUT2D eigenvalue weighted by molar-refractivity contribution is 7.87. The Morgan fingerprint density at radius 3 is 1.67 bits per heavy atom. The van der Waals surface area contributed by atoms with Crippen molar-refractivity contribution in [3.05, 3.63) is 0 Å². The van der Waals surface area contributed by atoms with Gasteiger partial charge in [0, 0.05) is 0 Å². The molecule has 0 aliphatic carbocycles. The second kappa shape index (κ2) is 2.12. The summed E-state index contributed by atoms with van der Waals surface area (Å²) < 4.78 is 54.9. The van der Waals surface area contributed by atoms with Gasteiger partial charge in [-0.3, -0.25) is 0 Å². The number of rotatable bonds is 1. The standard InChI is InChI=1S/CH2F3NO3S/c2-1(3,4)9(6,7)8-5/h5H2. The highest BCUT2D eigenvalue weighted by Gasteiger charge is 2.47. The van der Waals surface area contributed by atoms with Crippen molar-refractivity contribution in [3.8, 4) is 0 Å². The number of hydrogen-bond donors (Lipinski definition) is 1. The van der Waals surface area contributed by atoms with Crippen molar-refractivity contribution < 1.29 is 25.9 Å². The molecule has 9 heavy (non-hydrogen) atoms. The average molecular weight is 165 g/mol. The Bertz CT molecular complexity index is 180. The van der Waals surface area contributed by atoms with Crippen LogP contribution in [0.25, 0.3) is 0 Å². The fraction of sp³-hybridized carbons (Fsp3) is 1.00. The third-order valence-electron chi connectivity index (χ3n) is 0.410. The van der Waals surface area contributed by atoms with Crippen LogP contribution in [0.1, 0.15) is 0 Å². The van der Waals surface area contributed by atoms with Crippen LogP contribution in [-0.2, 0) is 14.4 Å². The first-order chi connectivity index (χ1) is 3.81. The first kappa shape index (κ1) is 8.66. The third-order valence-corrected chi connectivity index (χ3v) is 1.23. The van der Waals surface area contributed by atoms with Gasteiger partial charge in [-0.2, -0.15) is 31.8 Å². The molecule has 0 spiro atoms. The molecule has 0 radical (unpaired) electrons. The second-order valence-corrected chi connectivity index (χ2v) is 2.56. The van der Waals surface area contributed by atoms with Crippen molar-refractivity contribution in [1.82, 2.24) is 0 Å². The van der Waals surface area contributed by atoms with Gasteiger partial charge in [-0.25, -0.2) is 0 Å². The van der Waals surface area contributed by atoms with E-state index < -0.39 is 15.6 Å². The van der Waals surface area contributed by atoms with Gasteiger partial charge in [-0.1, -0.05) is 0 Å². The lowest BCUT2D eigenvalue weighted by molar-refractivity contribution is -0.0543.